The molecular formula is C38H48FN5O8. The molecule has 3 aliphatic heterocycles. The van der Waals surface area contributed by atoms with Crippen LogP contribution in [0.4, 0.5) is 19.7 Å². The van der Waals surface area contributed by atoms with Gasteiger partial charge in [-0.15, -0.1) is 0 Å². The van der Waals surface area contributed by atoms with Gasteiger partial charge in [0.05, 0.1) is 6.54 Å². The maximum absolute atomic E-state index is 14.7. The predicted molar refractivity (Wildman–Crippen MR) is 189 cm³/mol. The number of ether oxygens (including phenoxy) is 2. The number of halogens is 1. The van der Waals surface area contributed by atoms with Gasteiger partial charge in [0, 0.05) is 69.0 Å². The monoisotopic (exact) mass is 721 g/mol. The van der Waals surface area contributed by atoms with Gasteiger partial charge in [-0.1, -0.05) is 19.3 Å². The van der Waals surface area contributed by atoms with Crippen molar-refractivity contribution >= 4 is 35.6 Å². The molecule has 5 amide bonds. The summed E-state index contributed by atoms with van der Waals surface area (Å²) in [5.41, 5.74) is 1.26. The zero-order valence-electron chi connectivity index (χ0n) is 30.1. The molecular weight excluding hydrogens is 673 g/mol. The van der Waals surface area contributed by atoms with Crippen LogP contribution in [0, 0.1) is 5.82 Å². The molecule has 0 radical (unpaired) electrons. The molecule has 3 saturated heterocycles. The third kappa shape index (κ3) is 8.59. The average Bonchev–Trinajstić information content (AvgIpc) is 3.59. The standard InChI is InChI=1S/C38H48FN5O8/c1-38(2,3)52-37(50)43-12-11-30(23-43)51-32-10-9-26(21-31(32)25-7-5-4-6-8-25)34(46)40-13-15-41(16-14-40)35(47)27-19-28(39)22-29(20-27)44-18-17-42(36(48)49)24-33(44)45/h9-10,19-22,25,30H,4-8,11-18,23-24H2,1-3H3,(H,48,49)/t30-/m0/s1. The van der Waals surface area contributed by atoms with E-state index in [0.29, 0.717) is 38.2 Å². The predicted octanol–water partition coefficient (Wildman–Crippen LogP) is 5.19. The van der Waals surface area contributed by atoms with Crippen LogP contribution in [0.3, 0.4) is 0 Å². The van der Waals surface area contributed by atoms with Crippen molar-refractivity contribution in [3.63, 3.8) is 0 Å². The number of amides is 5. The fraction of sp³-hybridized carbons (Fsp3) is 0.553. The van der Waals surface area contributed by atoms with Crippen molar-refractivity contribution in [3.05, 3.63) is 58.9 Å². The van der Waals surface area contributed by atoms with E-state index in [1.807, 2.05) is 32.9 Å². The largest absolute Gasteiger partial charge is 0.488 e. The Kier molecular flexibility index (Phi) is 10.9. The van der Waals surface area contributed by atoms with Gasteiger partial charge >= 0.3 is 12.2 Å². The van der Waals surface area contributed by atoms with Crippen LogP contribution in [-0.2, 0) is 9.53 Å². The summed E-state index contributed by atoms with van der Waals surface area (Å²) in [6, 6.07) is 9.35. The molecule has 0 spiro atoms. The second kappa shape index (κ2) is 15.4. The first kappa shape index (κ1) is 36.9. The first-order valence-electron chi connectivity index (χ1n) is 18.2. The molecule has 2 aromatic rings. The highest BCUT2D eigenvalue weighted by Gasteiger charge is 2.34. The lowest BCUT2D eigenvalue weighted by Gasteiger charge is -2.35. The molecule has 1 N–H and O–H groups in total. The Labute approximate surface area is 303 Å². The van der Waals surface area contributed by atoms with E-state index in [-0.39, 0.29) is 68.0 Å². The molecule has 14 heteroatoms. The normalized spacial score (nSPS) is 20.3. The zero-order valence-corrected chi connectivity index (χ0v) is 30.1. The fourth-order valence-corrected chi connectivity index (χ4v) is 7.46. The van der Waals surface area contributed by atoms with E-state index in [9.17, 15) is 33.5 Å². The Balaban J connectivity index is 1.10. The van der Waals surface area contributed by atoms with Gasteiger partial charge in [0.2, 0.25) is 5.91 Å². The number of nitrogens with zero attached hydrogens (tertiary/aromatic N) is 5. The van der Waals surface area contributed by atoms with E-state index >= 15 is 0 Å². The van der Waals surface area contributed by atoms with Crippen LogP contribution in [0.2, 0.25) is 0 Å². The summed E-state index contributed by atoms with van der Waals surface area (Å²) in [6.07, 6.45) is 4.38. The smallest absolute Gasteiger partial charge is 0.410 e. The lowest BCUT2D eigenvalue weighted by molar-refractivity contribution is -0.120. The maximum Gasteiger partial charge on any atom is 0.410 e. The number of hydrogen-bond donors (Lipinski definition) is 1. The summed E-state index contributed by atoms with van der Waals surface area (Å²) >= 11 is 0. The van der Waals surface area contributed by atoms with Crippen molar-refractivity contribution in [1.82, 2.24) is 19.6 Å². The van der Waals surface area contributed by atoms with Crippen LogP contribution in [0.1, 0.15) is 91.5 Å². The molecule has 2 aromatic carbocycles. The zero-order chi connectivity index (χ0) is 37.2. The Bertz CT molecular complexity index is 1700. The highest BCUT2D eigenvalue weighted by atomic mass is 19.1. The Hall–Kier alpha value is -4.88. The molecule has 280 valence electrons. The van der Waals surface area contributed by atoms with Crippen LogP contribution in [0.25, 0.3) is 0 Å². The van der Waals surface area contributed by atoms with E-state index < -0.39 is 29.3 Å². The quantitative estimate of drug-likeness (QED) is 0.430. The maximum atomic E-state index is 14.7. The molecule has 1 atom stereocenters. The SMILES string of the molecule is CC(C)(C)OC(=O)N1CC[C@H](Oc2ccc(C(=O)N3CCN(C(=O)c4cc(F)cc(N5CCN(C(=O)O)CC5=O)c4)CC3)cc2C2CCCCC2)C1. The van der Waals surface area contributed by atoms with Gasteiger partial charge in [0.15, 0.2) is 0 Å². The molecule has 1 aliphatic carbocycles. The second-order valence-corrected chi connectivity index (χ2v) is 15.1. The summed E-state index contributed by atoms with van der Waals surface area (Å²) in [6.45, 7) is 7.38. The second-order valence-electron chi connectivity index (χ2n) is 15.1. The fourth-order valence-electron chi connectivity index (χ4n) is 7.46. The van der Waals surface area contributed by atoms with Crippen molar-refractivity contribution in [1.29, 1.82) is 0 Å². The van der Waals surface area contributed by atoms with Gasteiger partial charge in [-0.25, -0.2) is 14.0 Å². The van der Waals surface area contributed by atoms with Gasteiger partial charge in [0.1, 0.15) is 29.8 Å². The van der Waals surface area contributed by atoms with Crippen LogP contribution < -0.4 is 9.64 Å². The summed E-state index contributed by atoms with van der Waals surface area (Å²) in [7, 11) is 0. The number of benzene rings is 2. The van der Waals surface area contributed by atoms with E-state index in [0.717, 1.165) is 54.0 Å². The minimum Gasteiger partial charge on any atom is -0.488 e. The molecule has 52 heavy (non-hydrogen) atoms. The summed E-state index contributed by atoms with van der Waals surface area (Å²) < 4.78 is 26.8. The van der Waals surface area contributed by atoms with Crippen LogP contribution in [0.15, 0.2) is 36.4 Å². The molecule has 6 rings (SSSR count). The van der Waals surface area contributed by atoms with E-state index in [1.54, 1.807) is 20.8 Å². The molecule has 3 heterocycles. The highest BCUT2D eigenvalue weighted by molar-refractivity contribution is 6.00. The van der Waals surface area contributed by atoms with Crippen molar-refractivity contribution in [2.45, 2.75) is 76.9 Å². The molecule has 1 saturated carbocycles. The topological polar surface area (TPSA) is 140 Å². The van der Waals surface area contributed by atoms with E-state index in [4.69, 9.17) is 9.47 Å². The third-order valence-corrected chi connectivity index (χ3v) is 10.2. The van der Waals surface area contributed by atoms with Crippen molar-refractivity contribution in [3.8, 4) is 5.75 Å². The van der Waals surface area contributed by atoms with Crippen molar-refractivity contribution in [2.75, 3.05) is 63.8 Å². The molecule has 4 fully saturated rings. The average molecular weight is 722 g/mol. The minimum absolute atomic E-state index is 0.0475. The van der Waals surface area contributed by atoms with Crippen molar-refractivity contribution in [2.24, 2.45) is 0 Å². The molecule has 0 unspecified atom stereocenters. The molecule has 4 aliphatic rings. The van der Waals surface area contributed by atoms with E-state index in [1.165, 1.54) is 17.4 Å². The number of hydrogen-bond acceptors (Lipinski definition) is 7. The first-order chi connectivity index (χ1) is 24.8. The number of carbonyl (C=O) groups is 5. The van der Waals surface area contributed by atoms with Crippen LogP contribution >= 0.6 is 0 Å². The number of carboxylic acid groups (broad SMARTS) is 1. The lowest BCUT2D eigenvalue weighted by Crippen LogP contribution is -2.52. The number of likely N-dealkylation sites (tertiary alicyclic amines) is 1. The minimum atomic E-state index is -1.20. The van der Waals surface area contributed by atoms with E-state index in [2.05, 4.69) is 0 Å². The molecule has 13 nitrogen and oxygen atoms in total. The number of anilines is 1. The van der Waals surface area contributed by atoms with Crippen LogP contribution in [0.5, 0.6) is 5.75 Å². The highest BCUT2D eigenvalue weighted by Crippen LogP contribution is 2.39. The van der Waals surface area contributed by atoms with Gasteiger partial charge in [0.25, 0.3) is 11.8 Å². The molecule has 0 aromatic heterocycles. The summed E-state index contributed by atoms with van der Waals surface area (Å²) in [4.78, 5) is 71.1. The van der Waals surface area contributed by atoms with Gasteiger partial charge < -0.3 is 34.2 Å². The van der Waals surface area contributed by atoms with Gasteiger partial charge in [-0.3, -0.25) is 19.3 Å². The lowest BCUT2D eigenvalue weighted by atomic mass is 9.83. The van der Waals surface area contributed by atoms with Crippen LogP contribution in [-0.4, -0.2) is 125 Å². The number of piperazine rings is 2. The Morgan fingerprint density at radius 1 is 0.769 bits per heavy atom. The molecule has 0 bridgehead atoms. The van der Waals surface area contributed by atoms with Crippen molar-refractivity contribution < 1.29 is 42.9 Å². The summed E-state index contributed by atoms with van der Waals surface area (Å²) in [5, 5.41) is 9.21. The van der Waals surface area contributed by atoms with Gasteiger partial charge in [-0.05, 0) is 81.5 Å². The number of carbonyl (C=O) groups excluding carboxylic acids is 4. The third-order valence-electron chi connectivity index (χ3n) is 10.2. The summed E-state index contributed by atoms with van der Waals surface area (Å²) in [5.74, 6) is -0.726. The Morgan fingerprint density at radius 2 is 1.42 bits per heavy atom. The first-order valence-corrected chi connectivity index (χ1v) is 18.2. The number of rotatable bonds is 6. The van der Waals surface area contributed by atoms with Gasteiger partial charge in [-0.2, -0.15) is 0 Å². The Morgan fingerprint density at radius 3 is 2.06 bits per heavy atom.